The lowest BCUT2D eigenvalue weighted by Crippen LogP contribution is -2.40. The summed E-state index contributed by atoms with van der Waals surface area (Å²) in [6.07, 6.45) is 1.21. The third kappa shape index (κ3) is 3.06. The molecule has 1 unspecified atom stereocenters. The molecular weight excluding hydrogens is 206 g/mol. The van der Waals surface area contributed by atoms with Gasteiger partial charge in [0.1, 0.15) is 5.41 Å². The molecule has 0 amide bonds. The Morgan fingerprint density at radius 2 is 1.94 bits per heavy atom. The molecule has 0 aliphatic carbocycles. The van der Waals surface area contributed by atoms with Gasteiger partial charge in [-0.1, -0.05) is 13.8 Å². The van der Waals surface area contributed by atoms with E-state index in [2.05, 4.69) is 0 Å². The molecule has 4 nitrogen and oxygen atoms in total. The molecule has 0 spiro atoms. The van der Waals surface area contributed by atoms with Crippen molar-refractivity contribution in [2.45, 2.75) is 46.5 Å². The average Bonchev–Trinajstić information content (AvgIpc) is 2.26. The smallest absolute Gasteiger partial charge is 0.320 e. The zero-order valence-corrected chi connectivity index (χ0v) is 10.2. The molecule has 0 N–H and O–H groups in total. The number of nitrogens with zero attached hydrogens (tertiary/aromatic N) is 1. The summed E-state index contributed by atoms with van der Waals surface area (Å²) in [6, 6.07) is 1.92. The van der Waals surface area contributed by atoms with E-state index in [9.17, 15) is 9.59 Å². The van der Waals surface area contributed by atoms with E-state index in [1.54, 1.807) is 13.8 Å². The van der Waals surface area contributed by atoms with Crippen LogP contribution in [0.5, 0.6) is 0 Å². The van der Waals surface area contributed by atoms with Gasteiger partial charge in [-0.3, -0.25) is 9.59 Å². The van der Waals surface area contributed by atoms with Crippen LogP contribution in [0.25, 0.3) is 0 Å². The second kappa shape index (κ2) is 7.00. The van der Waals surface area contributed by atoms with Crippen LogP contribution in [0.3, 0.4) is 0 Å². The highest BCUT2D eigenvalue weighted by molar-refractivity contribution is 6.04. The summed E-state index contributed by atoms with van der Waals surface area (Å²) in [6.45, 7) is 5.53. The van der Waals surface area contributed by atoms with Gasteiger partial charge in [0.2, 0.25) is 0 Å². The van der Waals surface area contributed by atoms with Crippen molar-refractivity contribution in [2.24, 2.45) is 5.41 Å². The normalized spacial score (nSPS) is 13.6. The number of hydrogen-bond acceptors (Lipinski definition) is 4. The highest BCUT2D eigenvalue weighted by atomic mass is 16.5. The minimum atomic E-state index is -1.25. The fourth-order valence-corrected chi connectivity index (χ4v) is 1.62. The van der Waals surface area contributed by atoms with Gasteiger partial charge in [-0.2, -0.15) is 5.26 Å². The summed E-state index contributed by atoms with van der Waals surface area (Å²) in [4.78, 5) is 23.8. The average molecular weight is 225 g/mol. The molecule has 0 rings (SSSR count). The molecule has 16 heavy (non-hydrogen) atoms. The molecule has 0 bridgehead atoms. The Hall–Kier alpha value is -1.37. The van der Waals surface area contributed by atoms with Crippen molar-refractivity contribution in [1.29, 1.82) is 5.26 Å². The van der Waals surface area contributed by atoms with Crippen LogP contribution in [0.15, 0.2) is 0 Å². The maximum absolute atomic E-state index is 12.0. The topological polar surface area (TPSA) is 67.2 Å². The number of ether oxygens (including phenoxy) is 1. The summed E-state index contributed by atoms with van der Waals surface area (Å²) in [5.41, 5.74) is -1.25. The Morgan fingerprint density at radius 1 is 1.31 bits per heavy atom. The highest BCUT2D eigenvalue weighted by Crippen LogP contribution is 2.31. The number of ketones is 1. The van der Waals surface area contributed by atoms with Crippen molar-refractivity contribution in [3.8, 4) is 6.07 Å². The zero-order valence-electron chi connectivity index (χ0n) is 10.2. The fourth-order valence-electron chi connectivity index (χ4n) is 1.62. The molecular formula is C12H19NO3. The van der Waals surface area contributed by atoms with E-state index in [4.69, 9.17) is 10.00 Å². The van der Waals surface area contributed by atoms with Gasteiger partial charge in [-0.25, -0.2) is 0 Å². The van der Waals surface area contributed by atoms with Crippen molar-refractivity contribution in [2.75, 3.05) is 6.61 Å². The van der Waals surface area contributed by atoms with Gasteiger partial charge in [-0.15, -0.1) is 0 Å². The Bertz CT molecular complexity index is 273. The lowest BCUT2D eigenvalue weighted by atomic mass is 9.76. The fraction of sp³-hybridized carbons (Fsp3) is 0.750. The van der Waals surface area contributed by atoms with Gasteiger partial charge in [0.15, 0.2) is 5.78 Å². The van der Waals surface area contributed by atoms with E-state index < -0.39 is 11.4 Å². The summed E-state index contributed by atoms with van der Waals surface area (Å²) in [5, 5.41) is 8.76. The Morgan fingerprint density at radius 3 is 2.31 bits per heavy atom. The number of rotatable bonds is 7. The van der Waals surface area contributed by atoms with Gasteiger partial charge < -0.3 is 4.74 Å². The number of Topliss-reactive ketones (excluding diaryl/α,β-unsaturated/α-hetero) is 1. The standard InChI is InChI=1S/C12H19NO3/c1-4-7-10(14)12(5-2,8-9-13)11(15)16-6-3/h4-8H2,1-3H3. The van der Waals surface area contributed by atoms with E-state index >= 15 is 0 Å². The van der Waals surface area contributed by atoms with Crippen molar-refractivity contribution >= 4 is 11.8 Å². The number of carbonyl (C=O) groups excluding carboxylic acids is 2. The third-order valence-corrected chi connectivity index (χ3v) is 2.66. The molecule has 0 aromatic rings. The molecule has 0 aromatic carbocycles. The van der Waals surface area contributed by atoms with Gasteiger partial charge in [0.25, 0.3) is 0 Å². The van der Waals surface area contributed by atoms with Gasteiger partial charge in [0.05, 0.1) is 19.1 Å². The van der Waals surface area contributed by atoms with Crippen LogP contribution in [-0.4, -0.2) is 18.4 Å². The number of esters is 1. The lowest BCUT2D eigenvalue weighted by Gasteiger charge is -2.26. The minimum absolute atomic E-state index is 0.0961. The number of hydrogen-bond donors (Lipinski definition) is 0. The molecule has 90 valence electrons. The largest absolute Gasteiger partial charge is 0.465 e. The molecule has 0 aromatic heterocycles. The van der Waals surface area contributed by atoms with Crippen molar-refractivity contribution in [1.82, 2.24) is 0 Å². The van der Waals surface area contributed by atoms with Crippen LogP contribution in [0, 0.1) is 16.7 Å². The van der Waals surface area contributed by atoms with E-state index in [-0.39, 0.29) is 18.8 Å². The number of nitriles is 1. The lowest BCUT2D eigenvalue weighted by molar-refractivity contribution is -0.160. The second-order valence-corrected chi connectivity index (χ2v) is 3.66. The summed E-state index contributed by atoms with van der Waals surface area (Å²) >= 11 is 0. The minimum Gasteiger partial charge on any atom is -0.465 e. The highest BCUT2D eigenvalue weighted by Gasteiger charge is 2.44. The maximum Gasteiger partial charge on any atom is 0.320 e. The van der Waals surface area contributed by atoms with E-state index in [1.807, 2.05) is 13.0 Å². The molecule has 0 saturated heterocycles. The van der Waals surface area contributed by atoms with Gasteiger partial charge in [-0.05, 0) is 19.8 Å². The first kappa shape index (κ1) is 14.6. The SMILES string of the molecule is CCCC(=O)C(CC)(CC#N)C(=O)OCC. The quantitative estimate of drug-likeness (QED) is 0.492. The Labute approximate surface area is 96.6 Å². The maximum atomic E-state index is 12.0. The summed E-state index contributed by atoms with van der Waals surface area (Å²) < 4.78 is 4.91. The number of carbonyl (C=O) groups is 2. The van der Waals surface area contributed by atoms with Crippen LogP contribution < -0.4 is 0 Å². The van der Waals surface area contributed by atoms with E-state index in [1.165, 1.54) is 0 Å². The third-order valence-electron chi connectivity index (χ3n) is 2.66. The van der Waals surface area contributed by atoms with Crippen molar-refractivity contribution < 1.29 is 14.3 Å². The summed E-state index contributed by atoms with van der Waals surface area (Å²) in [5.74, 6) is -0.741. The van der Waals surface area contributed by atoms with E-state index in [0.717, 1.165) is 0 Å². The van der Waals surface area contributed by atoms with Gasteiger partial charge >= 0.3 is 5.97 Å². The van der Waals surface area contributed by atoms with Crippen molar-refractivity contribution in [3.05, 3.63) is 0 Å². The van der Waals surface area contributed by atoms with Crippen LogP contribution in [0.1, 0.15) is 46.5 Å². The van der Waals surface area contributed by atoms with Crippen LogP contribution in [-0.2, 0) is 14.3 Å². The molecule has 4 heteroatoms. The Balaban J connectivity index is 5.06. The molecule has 0 radical (unpaired) electrons. The molecule has 0 aliphatic rings. The molecule has 0 saturated carbocycles. The second-order valence-electron chi connectivity index (χ2n) is 3.66. The predicted molar refractivity (Wildman–Crippen MR) is 59.5 cm³/mol. The Kier molecular flexibility index (Phi) is 6.40. The first-order valence-corrected chi connectivity index (χ1v) is 5.66. The van der Waals surface area contributed by atoms with Crippen LogP contribution >= 0.6 is 0 Å². The molecule has 0 fully saturated rings. The first-order valence-electron chi connectivity index (χ1n) is 5.66. The monoisotopic (exact) mass is 225 g/mol. The van der Waals surface area contributed by atoms with Gasteiger partial charge in [0, 0.05) is 6.42 Å². The summed E-state index contributed by atoms with van der Waals surface area (Å²) in [7, 11) is 0. The molecule has 1 atom stereocenters. The van der Waals surface area contributed by atoms with E-state index in [0.29, 0.717) is 19.3 Å². The van der Waals surface area contributed by atoms with Crippen LogP contribution in [0.2, 0.25) is 0 Å². The molecule has 0 aliphatic heterocycles. The first-order chi connectivity index (χ1) is 7.58. The van der Waals surface area contributed by atoms with Crippen LogP contribution in [0.4, 0.5) is 0 Å². The van der Waals surface area contributed by atoms with Crippen molar-refractivity contribution in [3.63, 3.8) is 0 Å². The zero-order chi connectivity index (χ0) is 12.6. The molecule has 0 heterocycles. The predicted octanol–water partition coefficient (Wildman–Crippen LogP) is 2.23.